The topological polar surface area (TPSA) is 89.9 Å². The fourth-order valence-corrected chi connectivity index (χ4v) is 3.88. The molecule has 2 aromatic carbocycles. The average Bonchev–Trinajstić information content (AvgIpc) is 3.42. The van der Waals surface area contributed by atoms with Gasteiger partial charge in [-0.25, -0.2) is 0 Å². The van der Waals surface area contributed by atoms with Gasteiger partial charge in [0, 0.05) is 17.1 Å². The third-order valence-corrected chi connectivity index (χ3v) is 5.94. The Morgan fingerprint density at radius 2 is 1.97 bits per heavy atom. The second kappa shape index (κ2) is 7.63. The van der Waals surface area contributed by atoms with E-state index in [4.69, 9.17) is 16.1 Å². The third kappa shape index (κ3) is 3.38. The SMILES string of the molecule is Cc1ccc(-n2nccn2)c(C(=O)N2CCC2c2noc(-c3cccc(Cl)c3C)n2)c1. The van der Waals surface area contributed by atoms with Crippen molar-refractivity contribution in [2.24, 2.45) is 0 Å². The summed E-state index contributed by atoms with van der Waals surface area (Å²) >= 11 is 6.22. The number of carbonyl (C=O) groups is 1. The molecule has 0 radical (unpaired) electrons. The summed E-state index contributed by atoms with van der Waals surface area (Å²) in [7, 11) is 0. The van der Waals surface area contributed by atoms with Crippen molar-refractivity contribution >= 4 is 17.5 Å². The molecule has 4 aromatic rings. The van der Waals surface area contributed by atoms with Crippen molar-refractivity contribution in [2.45, 2.75) is 26.3 Å². The van der Waals surface area contributed by atoms with Crippen LogP contribution in [0.15, 0.2) is 53.3 Å². The van der Waals surface area contributed by atoms with Gasteiger partial charge in [-0.05, 0) is 50.1 Å². The molecule has 1 atom stereocenters. The van der Waals surface area contributed by atoms with Crippen molar-refractivity contribution < 1.29 is 9.32 Å². The first-order valence-electron chi connectivity index (χ1n) is 9.90. The maximum atomic E-state index is 13.4. The molecule has 9 heteroatoms. The molecule has 31 heavy (non-hydrogen) atoms. The van der Waals surface area contributed by atoms with Gasteiger partial charge in [0.1, 0.15) is 0 Å². The minimum atomic E-state index is -0.247. The van der Waals surface area contributed by atoms with Gasteiger partial charge in [0.05, 0.1) is 29.7 Å². The summed E-state index contributed by atoms with van der Waals surface area (Å²) in [6.45, 7) is 4.47. The zero-order valence-electron chi connectivity index (χ0n) is 17.0. The van der Waals surface area contributed by atoms with E-state index in [1.165, 1.54) is 4.80 Å². The molecule has 0 bridgehead atoms. The monoisotopic (exact) mass is 434 g/mol. The van der Waals surface area contributed by atoms with Crippen LogP contribution in [0.1, 0.15) is 39.8 Å². The summed E-state index contributed by atoms with van der Waals surface area (Å²) in [5, 5.41) is 13.1. The molecule has 1 unspecified atom stereocenters. The molecule has 8 nitrogen and oxygen atoms in total. The van der Waals surface area contributed by atoms with Gasteiger partial charge in [0.15, 0.2) is 5.82 Å². The zero-order valence-corrected chi connectivity index (χ0v) is 17.7. The Balaban J connectivity index is 1.44. The Kier molecular flexibility index (Phi) is 4.78. The van der Waals surface area contributed by atoms with Gasteiger partial charge in [0.2, 0.25) is 0 Å². The maximum Gasteiger partial charge on any atom is 0.258 e. The first-order valence-corrected chi connectivity index (χ1v) is 10.3. The lowest BCUT2D eigenvalue weighted by molar-refractivity contribution is 0.0435. The molecule has 0 aliphatic carbocycles. The molecule has 0 spiro atoms. The fraction of sp³-hybridized carbons (Fsp3) is 0.227. The number of rotatable bonds is 4. The second-order valence-electron chi connectivity index (χ2n) is 7.51. The van der Waals surface area contributed by atoms with Crippen molar-refractivity contribution in [3.05, 3.63) is 76.3 Å². The minimum Gasteiger partial charge on any atom is -0.334 e. The highest BCUT2D eigenvalue weighted by Crippen LogP contribution is 2.35. The molecule has 1 aliphatic rings. The highest BCUT2D eigenvalue weighted by Gasteiger charge is 2.38. The largest absolute Gasteiger partial charge is 0.334 e. The van der Waals surface area contributed by atoms with Crippen LogP contribution in [-0.2, 0) is 0 Å². The van der Waals surface area contributed by atoms with Gasteiger partial charge in [0.25, 0.3) is 11.8 Å². The molecule has 5 rings (SSSR count). The van der Waals surface area contributed by atoms with Gasteiger partial charge >= 0.3 is 0 Å². The number of carbonyl (C=O) groups excluding carboxylic acids is 1. The average molecular weight is 435 g/mol. The summed E-state index contributed by atoms with van der Waals surface area (Å²) < 4.78 is 5.50. The number of nitrogens with zero attached hydrogens (tertiary/aromatic N) is 6. The molecule has 0 N–H and O–H groups in total. The maximum absolute atomic E-state index is 13.4. The Morgan fingerprint density at radius 3 is 2.71 bits per heavy atom. The van der Waals surface area contributed by atoms with Gasteiger partial charge in [-0.3, -0.25) is 4.79 Å². The number of benzene rings is 2. The van der Waals surface area contributed by atoms with Crippen molar-refractivity contribution in [1.29, 1.82) is 0 Å². The lowest BCUT2D eigenvalue weighted by atomic mass is 9.99. The summed E-state index contributed by atoms with van der Waals surface area (Å²) in [6.07, 6.45) is 3.93. The van der Waals surface area contributed by atoms with Crippen molar-refractivity contribution in [2.75, 3.05) is 6.54 Å². The quantitative estimate of drug-likeness (QED) is 0.478. The van der Waals surface area contributed by atoms with Crippen LogP contribution in [-0.4, -0.2) is 42.5 Å². The van der Waals surface area contributed by atoms with Crippen LogP contribution in [0.25, 0.3) is 17.1 Å². The van der Waals surface area contributed by atoms with Crippen LogP contribution in [0.5, 0.6) is 0 Å². The van der Waals surface area contributed by atoms with Crippen LogP contribution in [0.3, 0.4) is 0 Å². The molecule has 1 amide bonds. The standard InChI is InChI=1S/C22H19ClN6O2/c1-13-6-7-18(29-24-9-10-25-29)16(12-13)22(30)28-11-8-19(28)20-26-21(31-27-20)15-4-3-5-17(23)14(15)2/h3-7,9-10,12,19H,8,11H2,1-2H3. The first-order chi connectivity index (χ1) is 15.0. The van der Waals surface area contributed by atoms with Gasteiger partial charge in [-0.15, -0.1) is 0 Å². The lowest BCUT2D eigenvalue weighted by Crippen LogP contribution is -2.46. The van der Waals surface area contributed by atoms with Crippen LogP contribution in [0, 0.1) is 13.8 Å². The molecule has 1 fully saturated rings. The van der Waals surface area contributed by atoms with E-state index in [0.717, 1.165) is 23.1 Å². The zero-order chi connectivity index (χ0) is 21.5. The van der Waals surface area contributed by atoms with Crippen molar-refractivity contribution in [1.82, 2.24) is 30.0 Å². The number of hydrogen-bond donors (Lipinski definition) is 0. The number of aryl methyl sites for hydroxylation is 1. The number of amides is 1. The summed E-state index contributed by atoms with van der Waals surface area (Å²) in [6, 6.07) is 10.9. The van der Waals surface area contributed by atoms with Crippen LogP contribution < -0.4 is 0 Å². The highest BCUT2D eigenvalue weighted by molar-refractivity contribution is 6.31. The summed E-state index contributed by atoms with van der Waals surface area (Å²) in [5.74, 6) is 0.768. The molecule has 1 saturated heterocycles. The van der Waals surface area contributed by atoms with Gasteiger partial charge in [-0.1, -0.05) is 34.5 Å². The normalized spacial score (nSPS) is 15.7. The summed E-state index contributed by atoms with van der Waals surface area (Å²) in [4.78, 5) is 21.2. The van der Waals surface area contributed by atoms with E-state index in [1.807, 2.05) is 50.2 Å². The third-order valence-electron chi connectivity index (χ3n) is 5.54. The fourth-order valence-electron chi connectivity index (χ4n) is 3.71. The van der Waals surface area contributed by atoms with Crippen molar-refractivity contribution in [3.8, 4) is 17.1 Å². The molecule has 156 valence electrons. The van der Waals surface area contributed by atoms with E-state index in [2.05, 4.69) is 20.3 Å². The van der Waals surface area contributed by atoms with E-state index < -0.39 is 0 Å². The Hall–Kier alpha value is -3.52. The number of aromatic nitrogens is 5. The molecular formula is C22H19ClN6O2. The van der Waals surface area contributed by atoms with Crippen LogP contribution >= 0.6 is 11.6 Å². The minimum absolute atomic E-state index is 0.113. The molecular weight excluding hydrogens is 416 g/mol. The predicted molar refractivity (Wildman–Crippen MR) is 114 cm³/mol. The van der Waals surface area contributed by atoms with E-state index >= 15 is 0 Å². The van der Waals surface area contributed by atoms with Crippen LogP contribution in [0.4, 0.5) is 0 Å². The molecule has 1 aliphatic heterocycles. The highest BCUT2D eigenvalue weighted by atomic mass is 35.5. The molecule has 0 saturated carbocycles. The smallest absolute Gasteiger partial charge is 0.258 e. The molecule has 2 aromatic heterocycles. The predicted octanol–water partition coefficient (Wildman–Crippen LogP) is 4.17. The van der Waals surface area contributed by atoms with E-state index in [-0.39, 0.29) is 11.9 Å². The number of likely N-dealkylation sites (tertiary alicyclic amines) is 1. The Labute approximate surface area is 183 Å². The Morgan fingerprint density at radius 1 is 1.16 bits per heavy atom. The second-order valence-corrected chi connectivity index (χ2v) is 7.92. The van der Waals surface area contributed by atoms with Crippen molar-refractivity contribution in [3.63, 3.8) is 0 Å². The van der Waals surface area contributed by atoms with Gasteiger partial charge < -0.3 is 9.42 Å². The Bertz CT molecular complexity index is 1270. The lowest BCUT2D eigenvalue weighted by Gasteiger charge is -2.39. The van der Waals surface area contributed by atoms with Crippen LogP contribution in [0.2, 0.25) is 5.02 Å². The van der Waals surface area contributed by atoms with E-state index in [0.29, 0.717) is 34.5 Å². The van der Waals surface area contributed by atoms with E-state index in [9.17, 15) is 4.79 Å². The van der Waals surface area contributed by atoms with E-state index in [1.54, 1.807) is 17.3 Å². The number of halogens is 1. The first kappa shape index (κ1) is 19.4. The number of hydrogen-bond acceptors (Lipinski definition) is 6. The summed E-state index contributed by atoms with van der Waals surface area (Å²) in [5.41, 5.74) is 3.81. The van der Waals surface area contributed by atoms with Gasteiger partial charge in [-0.2, -0.15) is 20.0 Å². The molecule has 3 heterocycles.